The Labute approximate surface area is 306 Å². The number of aryl methyl sites for hydroxylation is 1. The van der Waals surface area contributed by atoms with Gasteiger partial charge in [-0.15, -0.1) is 0 Å². The zero-order chi connectivity index (χ0) is 35.3. The van der Waals surface area contributed by atoms with Crippen molar-refractivity contribution in [1.29, 1.82) is 0 Å². The second-order valence-electron chi connectivity index (χ2n) is 13.5. The van der Waals surface area contributed by atoms with Crippen molar-refractivity contribution in [2.24, 2.45) is 0 Å². The van der Waals surface area contributed by atoms with Gasteiger partial charge in [0.2, 0.25) is 0 Å². The van der Waals surface area contributed by atoms with E-state index in [1.54, 1.807) is 0 Å². The van der Waals surface area contributed by atoms with Crippen LogP contribution in [0.4, 0.5) is 0 Å². The van der Waals surface area contributed by atoms with E-state index in [1.807, 2.05) is 60.7 Å². The minimum Gasteiger partial charge on any atom is -0.455 e. The van der Waals surface area contributed by atoms with Gasteiger partial charge in [-0.2, -0.15) is 0 Å². The fourth-order valence-electron chi connectivity index (χ4n) is 7.77. The Hall–Kier alpha value is -6.85. The molecule has 0 aliphatic heterocycles. The van der Waals surface area contributed by atoms with Crippen LogP contribution >= 0.6 is 0 Å². The Morgan fingerprint density at radius 1 is 0.472 bits per heavy atom. The van der Waals surface area contributed by atoms with Gasteiger partial charge >= 0.3 is 0 Å². The predicted octanol–water partition coefficient (Wildman–Crippen LogP) is 12.5. The topological polar surface area (TPSA) is 56.7 Å². The van der Waals surface area contributed by atoms with Gasteiger partial charge in [0.25, 0.3) is 0 Å². The van der Waals surface area contributed by atoms with Gasteiger partial charge in [0.15, 0.2) is 17.5 Å². The van der Waals surface area contributed by atoms with Crippen molar-refractivity contribution in [3.8, 4) is 51.0 Å². The highest BCUT2D eigenvalue weighted by molar-refractivity contribution is 6.24. The monoisotopic (exact) mass is 682 g/mol. The Morgan fingerprint density at radius 3 is 1.81 bits per heavy atom. The summed E-state index contributed by atoms with van der Waals surface area (Å²) >= 11 is 0. The average molecular weight is 683 g/mol. The zero-order valence-electron chi connectivity index (χ0n) is 29.2. The molecule has 0 unspecified atom stereocenters. The molecule has 252 valence electrons. The molecule has 10 rings (SSSR count). The summed E-state index contributed by atoms with van der Waals surface area (Å²) in [7, 11) is 0. The van der Waals surface area contributed by atoms with E-state index >= 15 is 0 Å². The zero-order valence-corrected chi connectivity index (χ0v) is 29.2. The van der Waals surface area contributed by atoms with E-state index in [1.165, 1.54) is 16.3 Å². The molecule has 5 heteroatoms. The summed E-state index contributed by atoms with van der Waals surface area (Å²) in [5.41, 5.74) is 11.5. The first kappa shape index (κ1) is 30.9. The predicted molar refractivity (Wildman–Crippen MR) is 217 cm³/mol. The number of aromatic nitrogens is 4. The van der Waals surface area contributed by atoms with E-state index in [0.29, 0.717) is 17.5 Å². The van der Waals surface area contributed by atoms with Crippen molar-refractivity contribution in [1.82, 2.24) is 19.5 Å². The van der Waals surface area contributed by atoms with Crippen LogP contribution in [0.1, 0.15) is 18.9 Å². The number of furan rings is 1. The number of hydrogen-bond acceptors (Lipinski definition) is 4. The van der Waals surface area contributed by atoms with Crippen molar-refractivity contribution < 1.29 is 4.42 Å². The van der Waals surface area contributed by atoms with Crippen LogP contribution in [-0.4, -0.2) is 19.5 Å². The highest BCUT2D eigenvalue weighted by atomic mass is 16.3. The normalized spacial score (nSPS) is 11.6. The highest BCUT2D eigenvalue weighted by Gasteiger charge is 2.21. The van der Waals surface area contributed by atoms with E-state index < -0.39 is 0 Å². The van der Waals surface area contributed by atoms with Crippen molar-refractivity contribution in [3.63, 3.8) is 0 Å². The number of fused-ring (bicyclic) bond motifs is 7. The Kier molecular flexibility index (Phi) is 7.43. The third-order valence-electron chi connectivity index (χ3n) is 10.2. The molecule has 7 aromatic carbocycles. The van der Waals surface area contributed by atoms with Gasteiger partial charge in [-0.25, -0.2) is 15.0 Å². The molecule has 0 aliphatic rings. The molecular formula is C48H34N4O. The van der Waals surface area contributed by atoms with E-state index in [-0.39, 0.29) is 0 Å². The number of rotatable bonds is 7. The van der Waals surface area contributed by atoms with Crippen LogP contribution in [0.25, 0.3) is 94.7 Å². The number of para-hydroxylation sites is 3. The molecule has 0 aliphatic carbocycles. The summed E-state index contributed by atoms with van der Waals surface area (Å²) in [6.45, 7) is 2.22. The largest absolute Gasteiger partial charge is 0.455 e. The fraction of sp³-hybridized carbons (Fsp3) is 0.0625. The molecule has 10 aromatic rings. The number of benzene rings is 7. The van der Waals surface area contributed by atoms with Crippen LogP contribution < -0.4 is 0 Å². The van der Waals surface area contributed by atoms with Crippen LogP contribution in [0.15, 0.2) is 168 Å². The van der Waals surface area contributed by atoms with Crippen molar-refractivity contribution >= 4 is 43.7 Å². The summed E-state index contributed by atoms with van der Waals surface area (Å²) in [4.78, 5) is 14.9. The minimum atomic E-state index is 0.628. The van der Waals surface area contributed by atoms with E-state index in [9.17, 15) is 0 Å². The molecule has 5 nitrogen and oxygen atoms in total. The SMILES string of the molecule is CCCc1cccc2c1oc1c2ccc2c1c1ccccc1n2-c1ccccc1-c1cccc(-c2nc(-c3ccccc3)nc(-c3ccccc3)n2)c1. The van der Waals surface area contributed by atoms with Gasteiger partial charge in [0.05, 0.1) is 22.1 Å². The molecule has 3 aromatic heterocycles. The molecule has 0 bridgehead atoms. The number of nitrogens with zero attached hydrogens (tertiary/aromatic N) is 4. The van der Waals surface area contributed by atoms with Gasteiger partial charge in [-0.1, -0.05) is 147 Å². The van der Waals surface area contributed by atoms with E-state index in [0.717, 1.165) is 79.3 Å². The smallest absolute Gasteiger partial charge is 0.164 e. The van der Waals surface area contributed by atoms with Crippen LogP contribution in [0.3, 0.4) is 0 Å². The maximum absolute atomic E-state index is 6.84. The molecular weight excluding hydrogens is 649 g/mol. The van der Waals surface area contributed by atoms with Gasteiger partial charge in [-0.3, -0.25) is 0 Å². The molecule has 0 saturated heterocycles. The maximum Gasteiger partial charge on any atom is 0.164 e. The lowest BCUT2D eigenvalue weighted by Gasteiger charge is -2.15. The molecule has 3 heterocycles. The van der Waals surface area contributed by atoms with Crippen LogP contribution in [0.2, 0.25) is 0 Å². The highest BCUT2D eigenvalue weighted by Crippen LogP contribution is 2.43. The fourth-order valence-corrected chi connectivity index (χ4v) is 7.77. The first-order chi connectivity index (χ1) is 26.2. The molecule has 0 fully saturated rings. The summed E-state index contributed by atoms with van der Waals surface area (Å²) in [6.07, 6.45) is 2.05. The maximum atomic E-state index is 6.84. The molecule has 0 atom stereocenters. The molecule has 0 spiro atoms. The first-order valence-electron chi connectivity index (χ1n) is 18.2. The van der Waals surface area contributed by atoms with E-state index in [2.05, 4.69) is 115 Å². The van der Waals surface area contributed by atoms with Gasteiger partial charge in [-0.05, 0) is 47.9 Å². The Morgan fingerprint density at radius 2 is 1.06 bits per heavy atom. The standard InChI is InChI=1S/C48H34N4O/c1-2-15-31-20-14-25-37-38-28-29-42-43(45(38)53-44(31)37)39-24-10-12-27-41(39)52(42)40-26-11-9-23-36(40)34-21-13-22-35(30-34)48-50-46(32-16-5-3-6-17-32)49-47(51-48)33-18-7-4-8-19-33/h3-14,16-30H,2,15H2,1H3. The first-order valence-corrected chi connectivity index (χ1v) is 18.2. The summed E-state index contributed by atoms with van der Waals surface area (Å²) in [5.74, 6) is 1.91. The number of hydrogen-bond donors (Lipinski definition) is 0. The Bertz CT molecular complexity index is 2900. The summed E-state index contributed by atoms with van der Waals surface area (Å²) in [6, 6.07) is 57.0. The third kappa shape index (κ3) is 5.20. The molecule has 0 saturated carbocycles. The molecule has 0 radical (unpaired) electrons. The van der Waals surface area contributed by atoms with Crippen molar-refractivity contribution in [2.45, 2.75) is 19.8 Å². The quantitative estimate of drug-likeness (QED) is 0.168. The van der Waals surface area contributed by atoms with Crippen molar-refractivity contribution in [2.75, 3.05) is 0 Å². The lowest BCUT2D eigenvalue weighted by Crippen LogP contribution is -2.00. The van der Waals surface area contributed by atoms with Crippen molar-refractivity contribution in [3.05, 3.63) is 169 Å². The van der Waals surface area contributed by atoms with Gasteiger partial charge < -0.3 is 8.98 Å². The lowest BCUT2D eigenvalue weighted by molar-refractivity contribution is 0.665. The second-order valence-corrected chi connectivity index (χ2v) is 13.5. The average Bonchev–Trinajstić information content (AvgIpc) is 3.78. The third-order valence-corrected chi connectivity index (χ3v) is 10.2. The summed E-state index contributed by atoms with van der Waals surface area (Å²) < 4.78 is 9.22. The molecule has 53 heavy (non-hydrogen) atoms. The molecule has 0 amide bonds. The van der Waals surface area contributed by atoms with Crippen LogP contribution in [0, 0.1) is 0 Å². The molecule has 0 N–H and O–H groups in total. The van der Waals surface area contributed by atoms with Gasteiger partial charge in [0, 0.05) is 38.4 Å². The second kappa shape index (κ2) is 12.7. The Balaban J connectivity index is 1.16. The van der Waals surface area contributed by atoms with Gasteiger partial charge in [0.1, 0.15) is 11.2 Å². The summed E-state index contributed by atoms with van der Waals surface area (Å²) in [5, 5.41) is 4.62. The lowest BCUT2D eigenvalue weighted by atomic mass is 10.0. The minimum absolute atomic E-state index is 0.628. The van der Waals surface area contributed by atoms with Crippen LogP contribution in [0.5, 0.6) is 0 Å². The van der Waals surface area contributed by atoms with E-state index in [4.69, 9.17) is 19.4 Å². The van der Waals surface area contributed by atoms with Crippen LogP contribution in [-0.2, 0) is 6.42 Å².